The van der Waals surface area contributed by atoms with Gasteiger partial charge in [0.05, 0.1) is 18.1 Å². The van der Waals surface area contributed by atoms with Crippen LogP contribution >= 0.6 is 11.3 Å². The van der Waals surface area contributed by atoms with Crippen molar-refractivity contribution in [1.82, 2.24) is 9.97 Å². The van der Waals surface area contributed by atoms with Crippen LogP contribution in [0.4, 0.5) is 11.8 Å². The molecule has 6 heteroatoms. The molecule has 1 aliphatic rings. The molecule has 1 fully saturated rings. The number of thiophene rings is 1. The number of anilines is 2. The van der Waals surface area contributed by atoms with E-state index in [0.717, 1.165) is 29.2 Å². The lowest BCUT2D eigenvalue weighted by molar-refractivity contribution is 0.0659. The second kappa shape index (κ2) is 6.37. The van der Waals surface area contributed by atoms with Crippen molar-refractivity contribution in [3.8, 4) is 0 Å². The molecule has 0 aliphatic heterocycles. The number of fused-ring (bicyclic) bond motifs is 1. The zero-order chi connectivity index (χ0) is 13.8. The Morgan fingerprint density at radius 3 is 3.00 bits per heavy atom. The Morgan fingerprint density at radius 1 is 1.35 bits per heavy atom. The van der Waals surface area contributed by atoms with Crippen LogP contribution in [0.3, 0.4) is 0 Å². The van der Waals surface area contributed by atoms with E-state index in [1.807, 2.05) is 12.4 Å². The maximum absolute atomic E-state index is 5.86. The number of ether oxygens (including phenoxy) is 1. The van der Waals surface area contributed by atoms with Gasteiger partial charge in [0, 0.05) is 13.6 Å². The molecule has 0 saturated heterocycles. The second-order valence-electron chi connectivity index (χ2n) is 4.99. The van der Waals surface area contributed by atoms with Crippen LogP contribution < -0.4 is 10.6 Å². The van der Waals surface area contributed by atoms with E-state index in [9.17, 15) is 0 Å². The lowest BCUT2D eigenvalue weighted by Gasteiger charge is -2.12. The predicted octanol–water partition coefficient (Wildman–Crippen LogP) is 3.10. The number of nitrogens with zero attached hydrogens (tertiary/aromatic N) is 2. The van der Waals surface area contributed by atoms with Gasteiger partial charge in [-0.3, -0.25) is 0 Å². The van der Waals surface area contributed by atoms with Crippen LogP contribution in [0.2, 0.25) is 0 Å². The summed E-state index contributed by atoms with van der Waals surface area (Å²) in [6, 6.07) is 2.06. The van der Waals surface area contributed by atoms with Crippen molar-refractivity contribution in [2.24, 2.45) is 0 Å². The quantitative estimate of drug-likeness (QED) is 0.801. The van der Waals surface area contributed by atoms with E-state index >= 15 is 0 Å². The van der Waals surface area contributed by atoms with E-state index < -0.39 is 0 Å². The molecule has 1 aliphatic carbocycles. The van der Waals surface area contributed by atoms with E-state index in [2.05, 4.69) is 26.7 Å². The smallest absolute Gasteiger partial charge is 0.225 e. The molecule has 2 N–H and O–H groups in total. The summed E-state index contributed by atoms with van der Waals surface area (Å²) < 4.78 is 5.86. The molecule has 0 atom stereocenters. The Labute approximate surface area is 122 Å². The van der Waals surface area contributed by atoms with Gasteiger partial charge in [-0.05, 0) is 24.3 Å². The van der Waals surface area contributed by atoms with Crippen LogP contribution in [0.25, 0.3) is 10.2 Å². The van der Waals surface area contributed by atoms with Gasteiger partial charge >= 0.3 is 0 Å². The first kappa shape index (κ1) is 13.6. The average molecular weight is 292 g/mol. The molecule has 20 heavy (non-hydrogen) atoms. The first-order valence-electron chi connectivity index (χ1n) is 7.15. The molecule has 0 bridgehead atoms. The van der Waals surface area contributed by atoms with Gasteiger partial charge in [-0.1, -0.05) is 12.8 Å². The van der Waals surface area contributed by atoms with Gasteiger partial charge < -0.3 is 15.4 Å². The molecule has 2 aromatic rings. The van der Waals surface area contributed by atoms with Crippen LogP contribution in [0.5, 0.6) is 0 Å². The fourth-order valence-electron chi connectivity index (χ4n) is 2.55. The van der Waals surface area contributed by atoms with Gasteiger partial charge in [0.2, 0.25) is 5.95 Å². The van der Waals surface area contributed by atoms with Gasteiger partial charge in [-0.15, -0.1) is 11.3 Å². The molecule has 0 spiro atoms. The van der Waals surface area contributed by atoms with E-state index in [0.29, 0.717) is 12.1 Å². The van der Waals surface area contributed by atoms with Crippen molar-refractivity contribution < 1.29 is 4.74 Å². The van der Waals surface area contributed by atoms with E-state index in [-0.39, 0.29) is 0 Å². The van der Waals surface area contributed by atoms with Crippen LogP contribution in [-0.2, 0) is 4.74 Å². The maximum Gasteiger partial charge on any atom is 0.225 e. The van der Waals surface area contributed by atoms with Crippen molar-refractivity contribution in [3.63, 3.8) is 0 Å². The number of aromatic nitrogens is 2. The lowest BCUT2D eigenvalue weighted by Crippen LogP contribution is -2.16. The summed E-state index contributed by atoms with van der Waals surface area (Å²) in [6.07, 6.45) is 5.52. The topological polar surface area (TPSA) is 59.1 Å². The van der Waals surface area contributed by atoms with Crippen LogP contribution in [-0.4, -0.2) is 36.3 Å². The Kier molecular flexibility index (Phi) is 4.32. The van der Waals surface area contributed by atoms with Gasteiger partial charge in [0.25, 0.3) is 0 Å². The highest BCUT2D eigenvalue weighted by atomic mass is 32.1. The van der Waals surface area contributed by atoms with Crippen molar-refractivity contribution in [1.29, 1.82) is 0 Å². The average Bonchev–Trinajstić information content (AvgIpc) is 3.13. The van der Waals surface area contributed by atoms with Crippen molar-refractivity contribution in [3.05, 3.63) is 11.4 Å². The minimum absolute atomic E-state index is 0.469. The maximum atomic E-state index is 5.86. The molecular weight excluding hydrogens is 272 g/mol. The Morgan fingerprint density at radius 2 is 2.20 bits per heavy atom. The highest BCUT2D eigenvalue weighted by Gasteiger charge is 2.15. The monoisotopic (exact) mass is 292 g/mol. The number of rotatable bonds is 6. The summed E-state index contributed by atoms with van der Waals surface area (Å²) in [7, 11) is 1.84. The Balaban J connectivity index is 1.59. The summed E-state index contributed by atoms with van der Waals surface area (Å²) >= 11 is 1.63. The molecular formula is C14H20N4OS. The summed E-state index contributed by atoms with van der Waals surface area (Å²) in [6.45, 7) is 1.51. The molecule has 0 radical (unpaired) electrons. The molecule has 108 valence electrons. The summed E-state index contributed by atoms with van der Waals surface area (Å²) in [5.74, 6) is 1.54. The zero-order valence-corrected chi connectivity index (χ0v) is 12.5. The standard InChI is InChI=1S/C14H20N4OS/c1-15-14-17-12(11-6-9-20-13(11)18-14)16-7-8-19-10-4-2-3-5-10/h6,9-10H,2-5,7-8H2,1H3,(H2,15,16,17,18). The number of hydrogen-bond acceptors (Lipinski definition) is 6. The fourth-order valence-corrected chi connectivity index (χ4v) is 3.32. The molecule has 0 aromatic carbocycles. The minimum Gasteiger partial charge on any atom is -0.376 e. The van der Waals surface area contributed by atoms with E-state index in [4.69, 9.17) is 4.74 Å². The molecule has 1 saturated carbocycles. The van der Waals surface area contributed by atoms with Crippen LogP contribution in [0.15, 0.2) is 11.4 Å². The first-order valence-corrected chi connectivity index (χ1v) is 8.03. The molecule has 0 unspecified atom stereocenters. The van der Waals surface area contributed by atoms with Gasteiger partial charge in [0.1, 0.15) is 10.6 Å². The zero-order valence-electron chi connectivity index (χ0n) is 11.7. The third-order valence-electron chi connectivity index (χ3n) is 3.60. The highest BCUT2D eigenvalue weighted by Crippen LogP contribution is 2.26. The van der Waals surface area contributed by atoms with E-state index in [1.54, 1.807) is 11.3 Å². The molecule has 5 nitrogen and oxygen atoms in total. The lowest BCUT2D eigenvalue weighted by atomic mass is 10.3. The first-order chi connectivity index (χ1) is 9.86. The summed E-state index contributed by atoms with van der Waals surface area (Å²) in [4.78, 5) is 9.91. The van der Waals surface area contributed by atoms with Gasteiger partial charge in [0.15, 0.2) is 0 Å². The largest absolute Gasteiger partial charge is 0.376 e. The number of nitrogens with one attached hydrogen (secondary N) is 2. The Hall–Kier alpha value is -1.40. The Bertz CT molecular complexity index is 565. The second-order valence-corrected chi connectivity index (χ2v) is 5.88. The molecule has 2 aromatic heterocycles. The van der Waals surface area contributed by atoms with Gasteiger partial charge in [-0.25, -0.2) is 4.98 Å². The van der Waals surface area contributed by atoms with Gasteiger partial charge in [-0.2, -0.15) is 4.98 Å². The normalized spacial score (nSPS) is 15.8. The highest BCUT2D eigenvalue weighted by molar-refractivity contribution is 7.16. The van der Waals surface area contributed by atoms with E-state index in [1.165, 1.54) is 25.7 Å². The molecule has 0 amide bonds. The van der Waals surface area contributed by atoms with Crippen LogP contribution in [0, 0.1) is 0 Å². The van der Waals surface area contributed by atoms with Crippen LogP contribution in [0.1, 0.15) is 25.7 Å². The third-order valence-corrected chi connectivity index (χ3v) is 4.41. The minimum atomic E-state index is 0.469. The summed E-state index contributed by atoms with van der Waals surface area (Å²) in [5, 5.41) is 9.48. The van der Waals surface area contributed by atoms with Crippen molar-refractivity contribution in [2.75, 3.05) is 30.8 Å². The predicted molar refractivity (Wildman–Crippen MR) is 83.7 cm³/mol. The van der Waals surface area contributed by atoms with Crippen molar-refractivity contribution >= 4 is 33.3 Å². The SMILES string of the molecule is CNc1nc(NCCOC2CCCC2)c2ccsc2n1. The molecule has 2 heterocycles. The molecule has 3 rings (SSSR count). The number of hydrogen-bond donors (Lipinski definition) is 2. The van der Waals surface area contributed by atoms with Crippen molar-refractivity contribution in [2.45, 2.75) is 31.8 Å². The fraction of sp³-hybridized carbons (Fsp3) is 0.571. The third kappa shape index (κ3) is 3.02. The summed E-state index contributed by atoms with van der Waals surface area (Å²) in [5.41, 5.74) is 0.